The molecule has 5 heteroatoms. The van der Waals surface area contributed by atoms with E-state index in [2.05, 4.69) is 4.90 Å². The average molecular weight is 292 g/mol. The molecule has 116 valence electrons. The highest BCUT2D eigenvalue weighted by molar-refractivity contribution is 5.67. The minimum atomic E-state index is -0.264. The van der Waals surface area contributed by atoms with Gasteiger partial charge in [0.25, 0.3) is 0 Å². The van der Waals surface area contributed by atoms with Gasteiger partial charge in [-0.15, -0.1) is 0 Å². The summed E-state index contributed by atoms with van der Waals surface area (Å²) in [6, 6.07) is 9.93. The number of benzene rings is 1. The summed E-state index contributed by atoms with van der Waals surface area (Å²) in [4.78, 5) is 16.0. The van der Waals surface area contributed by atoms with E-state index in [9.17, 15) is 4.79 Å². The lowest BCUT2D eigenvalue weighted by atomic mass is 10.0. The Hall–Kier alpha value is -1.59. The Morgan fingerprint density at radius 1 is 1.33 bits per heavy atom. The van der Waals surface area contributed by atoms with Crippen LogP contribution in [0.5, 0.6) is 0 Å². The number of rotatable bonds is 5. The molecular formula is C16H24N2O3. The normalized spacial score (nSPS) is 16.7. The quantitative estimate of drug-likeness (QED) is 0.897. The molecule has 0 atom stereocenters. The van der Waals surface area contributed by atoms with E-state index >= 15 is 0 Å². The molecule has 0 aromatic heterocycles. The van der Waals surface area contributed by atoms with Crippen molar-refractivity contribution in [2.24, 2.45) is 0 Å². The Morgan fingerprint density at radius 3 is 2.62 bits per heavy atom. The van der Waals surface area contributed by atoms with Gasteiger partial charge in [-0.2, -0.15) is 0 Å². The summed E-state index contributed by atoms with van der Waals surface area (Å²) in [5, 5.41) is 8.93. The van der Waals surface area contributed by atoms with E-state index in [1.54, 1.807) is 11.9 Å². The zero-order chi connectivity index (χ0) is 15.1. The number of aliphatic hydroxyl groups is 1. The second-order valence-electron chi connectivity index (χ2n) is 5.45. The van der Waals surface area contributed by atoms with Crippen molar-refractivity contribution in [3.05, 3.63) is 35.9 Å². The van der Waals surface area contributed by atoms with E-state index in [1.807, 2.05) is 30.3 Å². The molecule has 5 nitrogen and oxygen atoms in total. The number of likely N-dealkylation sites (tertiary alicyclic amines) is 1. The third kappa shape index (κ3) is 4.72. The van der Waals surface area contributed by atoms with Crippen molar-refractivity contribution in [1.82, 2.24) is 9.80 Å². The average Bonchev–Trinajstić information content (AvgIpc) is 2.54. The van der Waals surface area contributed by atoms with Gasteiger partial charge < -0.3 is 19.6 Å². The van der Waals surface area contributed by atoms with E-state index in [4.69, 9.17) is 9.84 Å². The van der Waals surface area contributed by atoms with Crippen LogP contribution in [0.2, 0.25) is 0 Å². The van der Waals surface area contributed by atoms with Crippen molar-refractivity contribution < 1.29 is 14.6 Å². The molecule has 0 bridgehead atoms. The lowest BCUT2D eigenvalue weighted by Gasteiger charge is -2.35. The summed E-state index contributed by atoms with van der Waals surface area (Å²) in [6.07, 6.45) is 1.59. The fraction of sp³-hybridized carbons (Fsp3) is 0.562. The third-order valence-electron chi connectivity index (χ3n) is 4.01. The van der Waals surface area contributed by atoms with Gasteiger partial charge in [0.1, 0.15) is 6.61 Å². The van der Waals surface area contributed by atoms with Crippen LogP contribution < -0.4 is 0 Å². The first-order valence-electron chi connectivity index (χ1n) is 7.47. The van der Waals surface area contributed by atoms with Crippen LogP contribution in [-0.4, -0.2) is 60.3 Å². The molecule has 1 aromatic rings. The number of hydrogen-bond acceptors (Lipinski definition) is 4. The lowest BCUT2D eigenvalue weighted by molar-refractivity contribution is 0.0691. The molecule has 0 aliphatic carbocycles. The molecule has 2 rings (SSSR count). The van der Waals surface area contributed by atoms with Gasteiger partial charge >= 0.3 is 6.09 Å². The van der Waals surface area contributed by atoms with Crippen molar-refractivity contribution in [2.75, 3.05) is 33.3 Å². The molecule has 0 unspecified atom stereocenters. The van der Waals surface area contributed by atoms with Crippen molar-refractivity contribution in [1.29, 1.82) is 0 Å². The van der Waals surface area contributed by atoms with Crippen LogP contribution in [0.3, 0.4) is 0 Å². The molecule has 1 amide bonds. The topological polar surface area (TPSA) is 53.0 Å². The van der Waals surface area contributed by atoms with Crippen LogP contribution in [0.1, 0.15) is 18.4 Å². The number of piperidine rings is 1. The van der Waals surface area contributed by atoms with Crippen LogP contribution >= 0.6 is 0 Å². The van der Waals surface area contributed by atoms with Gasteiger partial charge in [-0.1, -0.05) is 30.3 Å². The van der Waals surface area contributed by atoms with Gasteiger partial charge in [-0.05, 0) is 18.4 Å². The van der Waals surface area contributed by atoms with E-state index in [0.717, 1.165) is 38.0 Å². The number of carbonyl (C=O) groups excluding carboxylic acids is 1. The van der Waals surface area contributed by atoms with Crippen molar-refractivity contribution in [3.8, 4) is 0 Å². The number of hydrogen-bond donors (Lipinski definition) is 1. The van der Waals surface area contributed by atoms with E-state index < -0.39 is 0 Å². The third-order valence-corrected chi connectivity index (χ3v) is 4.01. The molecule has 1 saturated heterocycles. The highest BCUT2D eigenvalue weighted by Crippen LogP contribution is 2.16. The van der Waals surface area contributed by atoms with Crippen molar-refractivity contribution in [2.45, 2.75) is 25.5 Å². The summed E-state index contributed by atoms with van der Waals surface area (Å²) < 4.78 is 5.35. The van der Waals surface area contributed by atoms with E-state index in [0.29, 0.717) is 6.61 Å². The number of carbonyl (C=O) groups is 1. The molecule has 1 N–H and O–H groups in total. The Morgan fingerprint density at radius 2 is 2.00 bits per heavy atom. The largest absolute Gasteiger partial charge is 0.445 e. The number of amides is 1. The number of β-amino-alcohol motifs (C(OH)–C–C–N with tert-alkyl or cyclic N) is 1. The lowest BCUT2D eigenvalue weighted by Crippen LogP contribution is -2.46. The predicted octanol–water partition coefficient (Wildman–Crippen LogP) is 1.71. The van der Waals surface area contributed by atoms with Gasteiger partial charge in [0.15, 0.2) is 0 Å². The maximum atomic E-state index is 12.1. The standard InChI is InChI=1S/C16H24N2O3/c1-17(15-7-9-18(10-8-15)11-12-19)16(20)21-13-14-5-3-2-4-6-14/h2-6,15,19H,7-13H2,1H3. The first-order valence-corrected chi connectivity index (χ1v) is 7.47. The van der Waals surface area contributed by atoms with Crippen molar-refractivity contribution in [3.63, 3.8) is 0 Å². The molecule has 0 spiro atoms. The monoisotopic (exact) mass is 292 g/mol. The highest BCUT2D eigenvalue weighted by atomic mass is 16.6. The maximum Gasteiger partial charge on any atom is 0.410 e. The van der Waals surface area contributed by atoms with Gasteiger partial charge in [-0.3, -0.25) is 0 Å². The Kier molecular flexibility index (Phi) is 6.02. The molecule has 1 aliphatic heterocycles. The molecule has 0 saturated carbocycles. The first kappa shape index (κ1) is 15.8. The summed E-state index contributed by atoms with van der Waals surface area (Å²) in [7, 11) is 1.81. The van der Waals surface area contributed by atoms with E-state index in [-0.39, 0.29) is 18.7 Å². The molecule has 1 heterocycles. The first-order chi connectivity index (χ1) is 10.2. The maximum absolute atomic E-state index is 12.1. The highest BCUT2D eigenvalue weighted by Gasteiger charge is 2.25. The molecular weight excluding hydrogens is 268 g/mol. The fourth-order valence-corrected chi connectivity index (χ4v) is 2.64. The number of nitrogens with zero attached hydrogens (tertiary/aromatic N) is 2. The van der Waals surface area contributed by atoms with Crippen molar-refractivity contribution >= 4 is 6.09 Å². The minimum absolute atomic E-state index is 0.194. The summed E-state index contributed by atoms with van der Waals surface area (Å²) in [5.41, 5.74) is 0.997. The zero-order valence-corrected chi connectivity index (χ0v) is 12.6. The number of ether oxygens (including phenoxy) is 1. The Bertz CT molecular complexity index is 430. The number of aliphatic hydroxyl groups excluding tert-OH is 1. The van der Waals surface area contributed by atoms with Gasteiger partial charge in [0, 0.05) is 32.7 Å². The summed E-state index contributed by atoms with van der Waals surface area (Å²) >= 11 is 0. The molecule has 21 heavy (non-hydrogen) atoms. The predicted molar refractivity (Wildman–Crippen MR) is 80.9 cm³/mol. The Labute approximate surface area is 126 Å². The van der Waals surface area contributed by atoms with E-state index in [1.165, 1.54) is 0 Å². The van der Waals surface area contributed by atoms with Crippen LogP contribution in [0.15, 0.2) is 30.3 Å². The summed E-state index contributed by atoms with van der Waals surface area (Å²) in [6.45, 7) is 3.06. The molecule has 1 aliphatic rings. The van der Waals surface area contributed by atoms with Gasteiger partial charge in [0.2, 0.25) is 0 Å². The van der Waals surface area contributed by atoms with Crippen LogP contribution in [0.4, 0.5) is 4.79 Å². The van der Waals surface area contributed by atoms with Crippen LogP contribution in [0.25, 0.3) is 0 Å². The fourth-order valence-electron chi connectivity index (χ4n) is 2.64. The molecule has 1 fully saturated rings. The smallest absolute Gasteiger partial charge is 0.410 e. The van der Waals surface area contributed by atoms with Gasteiger partial charge in [0.05, 0.1) is 6.61 Å². The second kappa shape index (κ2) is 8.00. The van der Waals surface area contributed by atoms with Crippen LogP contribution in [0, 0.1) is 0 Å². The SMILES string of the molecule is CN(C(=O)OCc1ccccc1)C1CCN(CCO)CC1. The second-order valence-corrected chi connectivity index (χ2v) is 5.45. The Balaban J connectivity index is 1.75. The zero-order valence-electron chi connectivity index (χ0n) is 12.6. The molecule has 1 aromatic carbocycles. The summed E-state index contributed by atoms with van der Waals surface area (Å²) in [5.74, 6) is 0. The van der Waals surface area contributed by atoms with Gasteiger partial charge in [-0.25, -0.2) is 4.79 Å². The molecule has 0 radical (unpaired) electrons. The minimum Gasteiger partial charge on any atom is -0.445 e. The van der Waals surface area contributed by atoms with Crippen LogP contribution in [-0.2, 0) is 11.3 Å².